The number of nitrogens with zero attached hydrogens (tertiary/aromatic N) is 2. The number of para-hydroxylation sites is 1. The Morgan fingerprint density at radius 2 is 2.13 bits per heavy atom. The molecule has 1 unspecified atom stereocenters. The molecular formula is C22H21N5O3S. The number of nitrogens with two attached hydrogens (primary N) is 1. The monoisotopic (exact) mass is 435 g/mol. The van der Waals surface area contributed by atoms with Crippen LogP contribution < -0.4 is 15.8 Å². The van der Waals surface area contributed by atoms with E-state index in [1.807, 2.05) is 18.2 Å². The van der Waals surface area contributed by atoms with Gasteiger partial charge in [-0.3, -0.25) is 10.1 Å². The van der Waals surface area contributed by atoms with E-state index in [4.69, 9.17) is 10.5 Å². The summed E-state index contributed by atoms with van der Waals surface area (Å²) >= 11 is 1.55. The summed E-state index contributed by atoms with van der Waals surface area (Å²) in [6.45, 7) is 0. The quantitative estimate of drug-likeness (QED) is 0.566. The number of benzene rings is 2. The van der Waals surface area contributed by atoms with Gasteiger partial charge < -0.3 is 20.4 Å². The predicted molar refractivity (Wildman–Crippen MR) is 120 cm³/mol. The average Bonchev–Trinajstić information content (AvgIpc) is 3.41. The third-order valence-corrected chi connectivity index (χ3v) is 6.05. The van der Waals surface area contributed by atoms with Crippen molar-refractivity contribution in [1.29, 1.82) is 5.26 Å². The molecule has 1 fully saturated rings. The van der Waals surface area contributed by atoms with Crippen molar-refractivity contribution in [2.24, 2.45) is 5.73 Å². The van der Waals surface area contributed by atoms with E-state index in [2.05, 4.69) is 16.4 Å². The van der Waals surface area contributed by atoms with Gasteiger partial charge in [0.1, 0.15) is 11.8 Å². The number of carbonyl (C=O) groups excluding carboxylic acids is 2. The molecule has 1 aromatic heterocycles. The molecule has 4 N–H and O–H groups in total. The maximum Gasteiger partial charge on any atom is 0.417 e. The largest absolute Gasteiger partial charge is 0.417 e. The Balaban J connectivity index is 1.46. The number of nitriles is 1. The summed E-state index contributed by atoms with van der Waals surface area (Å²) in [6.07, 6.45) is 1.51. The molecule has 158 valence electrons. The van der Waals surface area contributed by atoms with Crippen molar-refractivity contribution in [3.63, 3.8) is 0 Å². The van der Waals surface area contributed by atoms with Crippen molar-refractivity contribution in [3.8, 4) is 11.8 Å². The zero-order valence-electron chi connectivity index (χ0n) is 16.6. The molecule has 2 heterocycles. The summed E-state index contributed by atoms with van der Waals surface area (Å²) in [5.74, 6) is 1.23. The van der Waals surface area contributed by atoms with E-state index < -0.39 is 18.2 Å². The highest BCUT2D eigenvalue weighted by Crippen LogP contribution is 2.26. The second kappa shape index (κ2) is 9.12. The minimum atomic E-state index is -0.764. The highest BCUT2D eigenvalue weighted by Gasteiger charge is 2.32. The van der Waals surface area contributed by atoms with Crippen LogP contribution >= 0.6 is 11.8 Å². The van der Waals surface area contributed by atoms with Gasteiger partial charge in [0.05, 0.1) is 18.0 Å². The number of carbonyl (C=O) groups is 2. The van der Waals surface area contributed by atoms with Crippen molar-refractivity contribution in [2.45, 2.75) is 18.5 Å². The number of ether oxygens (including phenoxy) is 1. The first-order valence-electron chi connectivity index (χ1n) is 9.72. The lowest BCUT2D eigenvalue weighted by molar-refractivity contribution is -0.132. The van der Waals surface area contributed by atoms with Gasteiger partial charge in [0.2, 0.25) is 5.91 Å². The van der Waals surface area contributed by atoms with Crippen molar-refractivity contribution in [2.75, 3.05) is 16.9 Å². The first-order valence-corrected chi connectivity index (χ1v) is 10.9. The van der Waals surface area contributed by atoms with Crippen LogP contribution in [0.4, 0.5) is 10.5 Å². The van der Waals surface area contributed by atoms with Crippen molar-refractivity contribution in [3.05, 3.63) is 60.3 Å². The van der Waals surface area contributed by atoms with Gasteiger partial charge >= 0.3 is 6.09 Å². The topological polar surface area (TPSA) is 124 Å². The first kappa shape index (κ1) is 20.8. The zero-order valence-corrected chi connectivity index (χ0v) is 17.4. The number of nitrogens with one attached hydrogen (secondary N) is 2. The summed E-state index contributed by atoms with van der Waals surface area (Å²) in [6, 6.07) is 15.2. The number of amides is 2. The number of anilines is 1. The van der Waals surface area contributed by atoms with Gasteiger partial charge in [-0.1, -0.05) is 18.2 Å². The summed E-state index contributed by atoms with van der Waals surface area (Å²) < 4.78 is 5.40. The lowest BCUT2D eigenvalue weighted by Crippen LogP contribution is -2.47. The van der Waals surface area contributed by atoms with Gasteiger partial charge in [-0.05, 0) is 42.3 Å². The molecule has 1 aliphatic heterocycles. The van der Waals surface area contributed by atoms with Crippen molar-refractivity contribution >= 4 is 40.4 Å². The van der Waals surface area contributed by atoms with Crippen LogP contribution in [0.3, 0.4) is 0 Å². The second-order valence-electron chi connectivity index (χ2n) is 7.17. The second-order valence-corrected chi connectivity index (χ2v) is 8.17. The number of rotatable bonds is 5. The maximum absolute atomic E-state index is 12.7. The number of hydrogen-bond acceptors (Lipinski definition) is 6. The van der Waals surface area contributed by atoms with E-state index >= 15 is 0 Å². The summed E-state index contributed by atoms with van der Waals surface area (Å²) in [5, 5.41) is 12.7. The number of aromatic nitrogens is 1. The highest BCUT2D eigenvalue weighted by atomic mass is 32.2. The van der Waals surface area contributed by atoms with Crippen LogP contribution in [0.2, 0.25) is 0 Å². The summed E-state index contributed by atoms with van der Waals surface area (Å²) in [4.78, 5) is 29.6. The fraction of sp³-hybridized carbons (Fsp3) is 0.227. The maximum atomic E-state index is 12.7. The van der Waals surface area contributed by atoms with Gasteiger partial charge in [-0.25, -0.2) is 4.79 Å². The van der Waals surface area contributed by atoms with Crippen LogP contribution in [0, 0.1) is 11.3 Å². The lowest BCUT2D eigenvalue weighted by atomic mass is 10.0. The van der Waals surface area contributed by atoms with Crippen LogP contribution in [0.5, 0.6) is 5.75 Å². The molecule has 1 aliphatic rings. The third kappa shape index (κ3) is 4.66. The molecule has 9 heteroatoms. The Hall–Kier alpha value is -3.48. The van der Waals surface area contributed by atoms with E-state index in [1.54, 1.807) is 48.3 Å². The molecule has 2 atom stereocenters. The first-order chi connectivity index (χ1) is 15.0. The van der Waals surface area contributed by atoms with E-state index in [0.29, 0.717) is 29.5 Å². The van der Waals surface area contributed by atoms with Gasteiger partial charge in [-0.2, -0.15) is 5.26 Å². The molecule has 2 amide bonds. The Morgan fingerprint density at radius 3 is 2.90 bits per heavy atom. The number of thioether (sulfide) groups is 1. The number of fused-ring (bicyclic) bond motifs is 1. The van der Waals surface area contributed by atoms with Crippen LogP contribution in [0.1, 0.15) is 5.56 Å². The van der Waals surface area contributed by atoms with Crippen LogP contribution in [-0.2, 0) is 11.2 Å². The molecule has 0 bridgehead atoms. The molecule has 0 saturated carbocycles. The number of hydrogen-bond donors (Lipinski definition) is 3. The third-order valence-electron chi connectivity index (χ3n) is 5.04. The molecule has 2 aromatic carbocycles. The van der Waals surface area contributed by atoms with Gasteiger partial charge in [0.25, 0.3) is 0 Å². The predicted octanol–water partition coefficient (Wildman–Crippen LogP) is 3.07. The highest BCUT2D eigenvalue weighted by molar-refractivity contribution is 7.99. The van der Waals surface area contributed by atoms with E-state index in [0.717, 1.165) is 16.5 Å². The van der Waals surface area contributed by atoms with Gasteiger partial charge in [0, 0.05) is 28.5 Å². The molecular weight excluding hydrogens is 414 g/mol. The molecule has 0 radical (unpaired) electrons. The van der Waals surface area contributed by atoms with E-state index in [9.17, 15) is 14.9 Å². The van der Waals surface area contributed by atoms with Gasteiger partial charge in [0.15, 0.2) is 0 Å². The molecule has 0 aliphatic carbocycles. The lowest BCUT2D eigenvalue weighted by Gasteiger charge is -2.22. The van der Waals surface area contributed by atoms with E-state index in [-0.39, 0.29) is 5.91 Å². The Labute approximate surface area is 183 Å². The fourth-order valence-corrected chi connectivity index (χ4v) is 4.55. The van der Waals surface area contributed by atoms with Crippen molar-refractivity contribution in [1.82, 2.24) is 9.88 Å². The van der Waals surface area contributed by atoms with E-state index in [1.165, 1.54) is 4.90 Å². The average molecular weight is 436 g/mol. The standard InChI is InChI=1S/C22H21N5O3S/c23-10-16-12-31-13-27(16)21(28)19(24)8-14-11-25-20-7-6-17(9-18(14)20)30-22(29)26-15-4-2-1-3-5-15/h1-7,9,11,16,19,25H,8,12-13,24H2,(H,26,29)/t16?,19-/m0/s1. The van der Waals surface area contributed by atoms with Crippen LogP contribution in [-0.4, -0.2) is 45.6 Å². The summed E-state index contributed by atoms with van der Waals surface area (Å²) in [7, 11) is 0. The molecule has 3 aromatic rings. The number of H-pyrrole nitrogens is 1. The van der Waals surface area contributed by atoms with Gasteiger partial charge in [-0.15, -0.1) is 11.8 Å². The molecule has 31 heavy (non-hydrogen) atoms. The molecule has 8 nitrogen and oxygen atoms in total. The SMILES string of the molecule is N#CC1CSCN1C(=O)[C@@H](N)Cc1c[nH]c2ccc(OC(=O)Nc3ccccc3)cc12. The molecule has 4 rings (SSSR count). The Morgan fingerprint density at radius 1 is 1.32 bits per heavy atom. The minimum Gasteiger partial charge on any atom is -0.410 e. The molecule has 1 saturated heterocycles. The minimum absolute atomic E-state index is 0.236. The zero-order chi connectivity index (χ0) is 21.8. The Kier molecular flexibility index (Phi) is 6.11. The van der Waals surface area contributed by atoms with Crippen LogP contribution in [0.25, 0.3) is 10.9 Å². The van der Waals surface area contributed by atoms with Crippen LogP contribution in [0.15, 0.2) is 54.7 Å². The number of aromatic amines is 1. The normalized spacial score (nSPS) is 16.6. The summed E-state index contributed by atoms with van der Waals surface area (Å²) in [5.41, 5.74) is 8.50. The fourth-order valence-electron chi connectivity index (χ4n) is 3.47. The Bertz CT molecular complexity index is 1140. The van der Waals surface area contributed by atoms with Crippen molar-refractivity contribution < 1.29 is 14.3 Å². The smallest absolute Gasteiger partial charge is 0.410 e. The molecule has 0 spiro atoms.